The Balaban J connectivity index is 2.01. The van der Waals surface area contributed by atoms with Gasteiger partial charge in [-0.3, -0.25) is 20.2 Å². The van der Waals surface area contributed by atoms with Gasteiger partial charge in [-0.1, -0.05) is 0 Å². The molecule has 0 aliphatic heterocycles. The van der Waals surface area contributed by atoms with E-state index in [4.69, 9.17) is 5.73 Å². The summed E-state index contributed by atoms with van der Waals surface area (Å²) in [4.78, 5) is 25.8. The highest BCUT2D eigenvalue weighted by molar-refractivity contribution is 6.09. The van der Waals surface area contributed by atoms with Crippen molar-refractivity contribution in [1.82, 2.24) is 4.98 Å². The molecule has 4 rings (SSSR count). The van der Waals surface area contributed by atoms with Crippen LogP contribution in [0.2, 0.25) is 0 Å². The molecular weight excluding hydrogens is 362 g/mol. The number of rotatable bonds is 4. The molecule has 9 nitrogen and oxygen atoms in total. The van der Waals surface area contributed by atoms with Crippen LogP contribution in [0.5, 0.6) is 0 Å². The molecule has 9 heteroatoms. The summed E-state index contributed by atoms with van der Waals surface area (Å²) in [5, 5.41) is 26.7. The van der Waals surface area contributed by atoms with Gasteiger partial charge in [0.05, 0.1) is 26.6 Å². The number of nitrogens with zero attached hydrogens (tertiary/aromatic N) is 3. The van der Waals surface area contributed by atoms with Crippen LogP contribution < -0.4 is 11.1 Å². The van der Waals surface area contributed by atoms with Crippen LogP contribution >= 0.6 is 0 Å². The lowest BCUT2D eigenvalue weighted by Crippen LogP contribution is -1.98. The molecule has 0 atom stereocenters. The fourth-order valence-corrected chi connectivity index (χ4v) is 2.99. The fourth-order valence-electron chi connectivity index (χ4n) is 2.99. The van der Waals surface area contributed by atoms with Crippen LogP contribution in [0.25, 0.3) is 21.8 Å². The second-order valence-electron chi connectivity index (χ2n) is 6.15. The molecule has 0 spiro atoms. The molecule has 0 aliphatic rings. The highest BCUT2D eigenvalue weighted by Gasteiger charge is 2.16. The lowest BCUT2D eigenvalue weighted by atomic mass is 10.1. The lowest BCUT2D eigenvalue weighted by Gasteiger charge is -2.13. The number of nitrogens with two attached hydrogens (primary N) is 1. The molecule has 1 aromatic heterocycles. The molecule has 3 aromatic carbocycles. The van der Waals surface area contributed by atoms with Crippen LogP contribution in [0.15, 0.2) is 60.7 Å². The molecule has 0 amide bonds. The van der Waals surface area contributed by atoms with Crippen molar-refractivity contribution in [2.45, 2.75) is 0 Å². The summed E-state index contributed by atoms with van der Waals surface area (Å²) in [6, 6.07) is 15.6. The van der Waals surface area contributed by atoms with Crippen LogP contribution in [0.4, 0.5) is 28.4 Å². The van der Waals surface area contributed by atoms with Crippen molar-refractivity contribution in [3.05, 3.63) is 80.9 Å². The summed E-state index contributed by atoms with van der Waals surface area (Å²) >= 11 is 0. The van der Waals surface area contributed by atoms with Gasteiger partial charge in [-0.2, -0.15) is 0 Å². The van der Waals surface area contributed by atoms with Gasteiger partial charge < -0.3 is 11.1 Å². The number of non-ortho nitro benzene ring substituents is 2. The first kappa shape index (κ1) is 17.2. The summed E-state index contributed by atoms with van der Waals surface area (Å²) < 4.78 is 0. The van der Waals surface area contributed by atoms with Crippen LogP contribution in [0, 0.1) is 20.2 Å². The van der Waals surface area contributed by atoms with Crippen molar-refractivity contribution in [1.29, 1.82) is 0 Å². The SMILES string of the molecule is Nc1ccc(Nc2c3ccc([N+](=O)[O-])cc3nc3ccc([N+](=O)[O-])cc23)cc1. The second kappa shape index (κ2) is 6.47. The maximum atomic E-state index is 11.2. The Kier molecular flexibility index (Phi) is 3.96. The number of nitrogen functional groups attached to an aromatic ring is 1. The van der Waals surface area contributed by atoms with E-state index in [1.165, 1.54) is 30.3 Å². The maximum absolute atomic E-state index is 11.2. The van der Waals surface area contributed by atoms with Gasteiger partial charge in [-0.05, 0) is 36.4 Å². The highest BCUT2D eigenvalue weighted by atomic mass is 16.6. The lowest BCUT2D eigenvalue weighted by molar-refractivity contribution is -0.384. The van der Waals surface area contributed by atoms with Crippen LogP contribution in [0.1, 0.15) is 0 Å². The van der Waals surface area contributed by atoms with Gasteiger partial charge in [0.1, 0.15) is 0 Å². The molecular formula is C19H13N5O4. The minimum Gasteiger partial charge on any atom is -0.399 e. The first-order valence-electron chi connectivity index (χ1n) is 8.21. The number of nitrogens with one attached hydrogen (secondary N) is 1. The second-order valence-corrected chi connectivity index (χ2v) is 6.15. The molecule has 0 unspecified atom stereocenters. The number of aromatic nitrogens is 1. The van der Waals surface area contributed by atoms with E-state index in [1.807, 2.05) is 0 Å². The average Bonchev–Trinajstić information content (AvgIpc) is 2.68. The Morgan fingerprint density at radius 2 is 1.43 bits per heavy atom. The van der Waals surface area contributed by atoms with E-state index in [2.05, 4.69) is 10.3 Å². The molecule has 138 valence electrons. The summed E-state index contributed by atoms with van der Waals surface area (Å²) in [7, 11) is 0. The van der Waals surface area contributed by atoms with E-state index in [0.29, 0.717) is 38.9 Å². The first-order valence-corrected chi connectivity index (χ1v) is 8.21. The summed E-state index contributed by atoms with van der Waals surface area (Å²) in [5.41, 5.74) is 8.35. The Morgan fingerprint density at radius 3 is 2.11 bits per heavy atom. The van der Waals surface area contributed by atoms with Gasteiger partial charge in [0.2, 0.25) is 0 Å². The molecule has 0 aliphatic carbocycles. The number of nitro benzene ring substituents is 2. The number of anilines is 3. The molecule has 0 saturated carbocycles. The van der Waals surface area contributed by atoms with E-state index in [-0.39, 0.29) is 11.4 Å². The van der Waals surface area contributed by atoms with Gasteiger partial charge in [0.25, 0.3) is 11.4 Å². The third-order valence-corrected chi connectivity index (χ3v) is 4.34. The molecule has 0 fully saturated rings. The van der Waals surface area contributed by atoms with Crippen molar-refractivity contribution < 1.29 is 9.85 Å². The van der Waals surface area contributed by atoms with Gasteiger partial charge in [-0.25, -0.2) is 4.98 Å². The van der Waals surface area contributed by atoms with Gasteiger partial charge in [0.15, 0.2) is 0 Å². The van der Waals surface area contributed by atoms with E-state index >= 15 is 0 Å². The van der Waals surface area contributed by atoms with Crippen molar-refractivity contribution in [2.75, 3.05) is 11.1 Å². The van der Waals surface area contributed by atoms with Gasteiger partial charge in [0, 0.05) is 46.4 Å². The third kappa shape index (κ3) is 3.01. The van der Waals surface area contributed by atoms with Crippen molar-refractivity contribution in [2.24, 2.45) is 0 Å². The predicted molar refractivity (Wildman–Crippen MR) is 107 cm³/mol. The van der Waals surface area contributed by atoms with Gasteiger partial charge >= 0.3 is 0 Å². The van der Waals surface area contributed by atoms with Crippen molar-refractivity contribution in [3.63, 3.8) is 0 Å². The normalized spacial score (nSPS) is 10.9. The topological polar surface area (TPSA) is 137 Å². The molecule has 0 bridgehead atoms. The largest absolute Gasteiger partial charge is 0.399 e. The van der Waals surface area contributed by atoms with E-state index < -0.39 is 9.85 Å². The number of hydrogen-bond acceptors (Lipinski definition) is 7. The van der Waals surface area contributed by atoms with E-state index in [1.54, 1.807) is 30.3 Å². The Bertz CT molecular complexity index is 1250. The highest BCUT2D eigenvalue weighted by Crippen LogP contribution is 2.36. The minimum atomic E-state index is -0.492. The number of benzene rings is 3. The molecule has 1 heterocycles. The first-order chi connectivity index (χ1) is 13.4. The van der Waals surface area contributed by atoms with Crippen molar-refractivity contribution in [3.8, 4) is 0 Å². The smallest absolute Gasteiger partial charge is 0.271 e. The fraction of sp³-hybridized carbons (Fsp3) is 0. The zero-order valence-corrected chi connectivity index (χ0v) is 14.3. The quantitative estimate of drug-likeness (QED) is 0.231. The van der Waals surface area contributed by atoms with Crippen LogP contribution in [0.3, 0.4) is 0 Å². The molecule has 0 radical (unpaired) electrons. The predicted octanol–water partition coefficient (Wildman–Crippen LogP) is 4.53. The Morgan fingerprint density at radius 1 is 0.786 bits per heavy atom. The molecule has 4 aromatic rings. The monoisotopic (exact) mass is 375 g/mol. The Hall–Kier alpha value is -4.27. The molecule has 28 heavy (non-hydrogen) atoms. The molecule has 0 saturated heterocycles. The van der Waals surface area contributed by atoms with Gasteiger partial charge in [-0.15, -0.1) is 0 Å². The number of hydrogen-bond donors (Lipinski definition) is 2. The summed E-state index contributed by atoms with van der Waals surface area (Å²) in [5.74, 6) is 0. The average molecular weight is 375 g/mol. The standard InChI is InChI=1S/C19H13N5O4/c20-11-1-3-12(4-2-11)21-19-15-7-5-14(24(27)28)10-18(15)22-17-8-6-13(23(25)26)9-16(17)19/h1-10H,20H2,(H,21,22). The molecule has 3 N–H and O–H groups in total. The number of nitro groups is 2. The zero-order chi connectivity index (χ0) is 19.8. The van der Waals surface area contributed by atoms with Crippen LogP contribution in [-0.2, 0) is 0 Å². The number of fused-ring (bicyclic) bond motifs is 2. The van der Waals surface area contributed by atoms with E-state index in [9.17, 15) is 20.2 Å². The maximum Gasteiger partial charge on any atom is 0.271 e. The van der Waals surface area contributed by atoms with Crippen LogP contribution in [-0.4, -0.2) is 14.8 Å². The number of pyridine rings is 1. The summed E-state index contributed by atoms with van der Waals surface area (Å²) in [6.45, 7) is 0. The van der Waals surface area contributed by atoms with E-state index in [0.717, 1.165) is 0 Å². The third-order valence-electron chi connectivity index (χ3n) is 4.34. The minimum absolute atomic E-state index is 0.0732. The Labute approximate surface area is 157 Å². The zero-order valence-electron chi connectivity index (χ0n) is 14.3. The summed E-state index contributed by atoms with van der Waals surface area (Å²) in [6.07, 6.45) is 0. The van der Waals surface area contributed by atoms with Crippen molar-refractivity contribution >= 4 is 50.2 Å².